The number of carboxylic acid groups (broad SMARTS) is 1. The average molecular weight is 385 g/mol. The van der Waals surface area contributed by atoms with Crippen molar-refractivity contribution < 1.29 is 28.3 Å². The quantitative estimate of drug-likeness (QED) is 0.564. The molecule has 0 aliphatic heterocycles. The Morgan fingerprint density at radius 2 is 1.65 bits per heavy atom. The monoisotopic (exact) mass is 385 g/mol. The molecule has 0 bridgehead atoms. The first-order valence-electron chi connectivity index (χ1n) is 8.77. The summed E-state index contributed by atoms with van der Waals surface area (Å²) in [6.45, 7) is 7.70. The maximum Gasteiger partial charge on any atom is 0.335 e. The molecule has 0 saturated heterocycles. The molecule has 0 aliphatic rings. The summed E-state index contributed by atoms with van der Waals surface area (Å²) >= 11 is 0. The van der Waals surface area contributed by atoms with Gasteiger partial charge in [-0.15, -0.1) is 0 Å². The summed E-state index contributed by atoms with van der Waals surface area (Å²) in [6.07, 6.45) is 0.752. The Hall–Kier alpha value is -1.69. The van der Waals surface area contributed by atoms with E-state index in [1.807, 2.05) is 6.92 Å². The van der Waals surface area contributed by atoms with Gasteiger partial charge in [0.2, 0.25) is 0 Å². The van der Waals surface area contributed by atoms with Crippen LogP contribution in [0.1, 0.15) is 50.0 Å². The van der Waals surface area contributed by atoms with Crippen molar-refractivity contribution in [2.75, 3.05) is 13.2 Å². The fourth-order valence-corrected chi connectivity index (χ4v) is 4.12. The minimum absolute atomic E-state index is 0.112. The Morgan fingerprint density at radius 1 is 1.12 bits per heavy atom. The van der Waals surface area contributed by atoms with Gasteiger partial charge in [-0.05, 0) is 37.5 Å². The van der Waals surface area contributed by atoms with E-state index in [0.717, 1.165) is 0 Å². The van der Waals surface area contributed by atoms with Crippen LogP contribution in [0.3, 0.4) is 0 Å². The molecule has 146 valence electrons. The molecule has 0 aliphatic carbocycles. The van der Waals surface area contributed by atoms with Crippen molar-refractivity contribution in [1.29, 1.82) is 0 Å². The first-order chi connectivity index (χ1) is 12.3. The smallest absolute Gasteiger partial charge is 0.335 e. The number of nitrogens with one attached hydrogen (secondary N) is 1. The molecule has 0 heterocycles. The molecule has 7 nitrogen and oxygen atoms in total. The molecular formula is C18H28NO6P. The van der Waals surface area contributed by atoms with Gasteiger partial charge in [-0.2, -0.15) is 0 Å². The molecule has 2 atom stereocenters. The molecule has 1 amide bonds. The van der Waals surface area contributed by atoms with Gasteiger partial charge in [-0.3, -0.25) is 9.36 Å². The van der Waals surface area contributed by atoms with Crippen LogP contribution >= 0.6 is 7.60 Å². The maximum atomic E-state index is 12.5. The van der Waals surface area contributed by atoms with E-state index in [-0.39, 0.29) is 25.3 Å². The molecule has 0 saturated carbocycles. The summed E-state index contributed by atoms with van der Waals surface area (Å²) in [5.74, 6) is -1.69. The van der Waals surface area contributed by atoms with Crippen LogP contribution in [0.15, 0.2) is 24.3 Å². The minimum Gasteiger partial charge on any atom is -0.480 e. The van der Waals surface area contributed by atoms with Gasteiger partial charge in [0.05, 0.1) is 19.4 Å². The highest BCUT2D eigenvalue weighted by atomic mass is 31.2. The average Bonchev–Trinajstić information content (AvgIpc) is 2.59. The summed E-state index contributed by atoms with van der Waals surface area (Å²) < 4.78 is 23.1. The van der Waals surface area contributed by atoms with Crippen molar-refractivity contribution in [3.8, 4) is 0 Å². The molecule has 0 unspecified atom stereocenters. The van der Waals surface area contributed by atoms with Crippen molar-refractivity contribution in [1.82, 2.24) is 5.32 Å². The summed E-state index contributed by atoms with van der Waals surface area (Å²) in [6, 6.07) is 5.53. The molecular weight excluding hydrogens is 357 g/mol. The Kier molecular flexibility index (Phi) is 8.99. The van der Waals surface area contributed by atoms with E-state index in [9.17, 15) is 19.3 Å². The molecule has 0 radical (unpaired) electrons. The van der Waals surface area contributed by atoms with Crippen LogP contribution in [-0.4, -0.2) is 36.2 Å². The first-order valence-corrected chi connectivity index (χ1v) is 10.5. The van der Waals surface area contributed by atoms with Crippen LogP contribution in [0.4, 0.5) is 0 Å². The third-order valence-corrected chi connectivity index (χ3v) is 6.07. The highest BCUT2D eigenvalue weighted by Crippen LogP contribution is 2.51. The van der Waals surface area contributed by atoms with Crippen LogP contribution in [0, 0.1) is 5.92 Å². The van der Waals surface area contributed by atoms with Gasteiger partial charge in [-0.1, -0.05) is 32.4 Å². The summed E-state index contributed by atoms with van der Waals surface area (Å²) in [7, 11) is -3.21. The van der Waals surface area contributed by atoms with Crippen molar-refractivity contribution in [2.24, 2.45) is 5.92 Å². The number of amides is 1. The lowest BCUT2D eigenvalue weighted by molar-refractivity contribution is -0.140. The predicted octanol–water partition coefficient (Wildman–Crippen LogP) is 3.68. The fourth-order valence-electron chi connectivity index (χ4n) is 2.41. The number of carbonyl (C=O) groups is 2. The molecule has 0 aromatic heterocycles. The lowest BCUT2D eigenvalue weighted by Crippen LogP contribution is -2.45. The van der Waals surface area contributed by atoms with Crippen LogP contribution in [0.5, 0.6) is 0 Å². The van der Waals surface area contributed by atoms with Gasteiger partial charge in [0.1, 0.15) is 6.04 Å². The van der Waals surface area contributed by atoms with E-state index < -0.39 is 25.5 Å². The number of rotatable bonds is 11. The number of carboxylic acids is 1. The largest absolute Gasteiger partial charge is 0.480 e. The topological polar surface area (TPSA) is 102 Å². The second-order valence-corrected chi connectivity index (χ2v) is 8.03. The Bertz CT molecular complexity index is 636. The molecule has 1 aromatic rings. The third kappa shape index (κ3) is 6.56. The molecule has 26 heavy (non-hydrogen) atoms. The van der Waals surface area contributed by atoms with E-state index in [4.69, 9.17) is 9.05 Å². The van der Waals surface area contributed by atoms with Crippen LogP contribution in [-0.2, 0) is 24.6 Å². The number of benzene rings is 1. The number of aliphatic carboxylic acids is 1. The summed E-state index contributed by atoms with van der Waals surface area (Å²) in [5.41, 5.74) is 1.05. The maximum absolute atomic E-state index is 12.5. The third-order valence-electron chi connectivity index (χ3n) is 4.01. The lowest BCUT2D eigenvalue weighted by Gasteiger charge is -2.20. The molecule has 1 aromatic carbocycles. The predicted molar refractivity (Wildman–Crippen MR) is 99.3 cm³/mol. The van der Waals surface area contributed by atoms with Gasteiger partial charge in [0.25, 0.3) is 5.91 Å². The zero-order chi connectivity index (χ0) is 19.7. The van der Waals surface area contributed by atoms with Gasteiger partial charge in [0.15, 0.2) is 0 Å². The number of hydrogen-bond acceptors (Lipinski definition) is 5. The van der Waals surface area contributed by atoms with Crippen molar-refractivity contribution >= 4 is 19.5 Å². The van der Waals surface area contributed by atoms with E-state index in [0.29, 0.717) is 17.5 Å². The van der Waals surface area contributed by atoms with Crippen LogP contribution in [0.25, 0.3) is 0 Å². The van der Waals surface area contributed by atoms with Crippen LogP contribution in [0.2, 0.25) is 0 Å². The van der Waals surface area contributed by atoms with Gasteiger partial charge in [-0.25, -0.2) is 4.79 Å². The summed E-state index contributed by atoms with van der Waals surface area (Å²) in [4.78, 5) is 23.6. The SMILES string of the molecule is CCOP(=O)(Cc1ccc(C(=O)N[C@@H](C(=O)O)[C@@H](C)CC)cc1)OCC. The lowest BCUT2D eigenvalue weighted by atomic mass is 9.99. The van der Waals surface area contributed by atoms with Crippen molar-refractivity contribution in [3.05, 3.63) is 35.4 Å². The molecule has 2 N–H and O–H groups in total. The van der Waals surface area contributed by atoms with Gasteiger partial charge < -0.3 is 19.5 Å². The zero-order valence-corrected chi connectivity index (χ0v) is 16.6. The normalized spacial score (nSPS) is 13.8. The fraction of sp³-hybridized carbons (Fsp3) is 0.556. The van der Waals surface area contributed by atoms with Gasteiger partial charge >= 0.3 is 13.6 Å². The van der Waals surface area contributed by atoms with Gasteiger partial charge in [0, 0.05) is 5.56 Å². The number of carbonyl (C=O) groups excluding carboxylic acids is 1. The molecule has 1 rings (SSSR count). The van der Waals surface area contributed by atoms with E-state index >= 15 is 0 Å². The second kappa shape index (κ2) is 10.5. The van der Waals surface area contributed by atoms with Crippen molar-refractivity contribution in [3.63, 3.8) is 0 Å². The highest BCUT2D eigenvalue weighted by molar-refractivity contribution is 7.53. The number of hydrogen-bond donors (Lipinski definition) is 2. The van der Waals surface area contributed by atoms with E-state index in [1.165, 1.54) is 0 Å². The van der Waals surface area contributed by atoms with E-state index in [2.05, 4.69) is 5.32 Å². The molecule has 0 spiro atoms. The Morgan fingerprint density at radius 3 is 2.08 bits per heavy atom. The second-order valence-electron chi connectivity index (χ2n) is 5.98. The van der Waals surface area contributed by atoms with E-state index in [1.54, 1.807) is 45.0 Å². The zero-order valence-electron chi connectivity index (χ0n) is 15.7. The summed E-state index contributed by atoms with van der Waals surface area (Å²) in [5, 5.41) is 11.8. The minimum atomic E-state index is -3.21. The van der Waals surface area contributed by atoms with Crippen LogP contribution < -0.4 is 5.32 Å². The highest BCUT2D eigenvalue weighted by Gasteiger charge is 2.26. The molecule has 0 fully saturated rings. The Labute approximate surface area is 154 Å². The molecule has 8 heteroatoms. The standard InChI is InChI=1S/C18H28NO6P/c1-5-13(4)16(18(21)22)19-17(20)15-10-8-14(9-11-15)12-26(23,24-6-2)25-7-3/h8-11,13,16H,5-7,12H2,1-4H3,(H,19,20)(H,21,22)/t13-,16+/m0/s1. The first kappa shape index (κ1) is 22.4. The van der Waals surface area contributed by atoms with Crippen molar-refractivity contribution in [2.45, 2.75) is 46.3 Å². The Balaban J connectivity index is 2.84.